The summed E-state index contributed by atoms with van der Waals surface area (Å²) in [5.74, 6) is -1.41. The van der Waals surface area contributed by atoms with Crippen molar-refractivity contribution in [2.24, 2.45) is 0 Å². The Morgan fingerprint density at radius 1 is 1.10 bits per heavy atom. The number of rotatable bonds is 8. The number of hydrogen-bond donors (Lipinski definition) is 2. The van der Waals surface area contributed by atoms with E-state index in [0.29, 0.717) is 15.2 Å². The summed E-state index contributed by atoms with van der Waals surface area (Å²) in [6.07, 6.45) is 0. The van der Waals surface area contributed by atoms with Crippen molar-refractivity contribution in [2.75, 3.05) is 30.0 Å². The Labute approximate surface area is 179 Å². The third kappa shape index (κ3) is 6.22. The van der Waals surface area contributed by atoms with Crippen LogP contribution in [0.15, 0.2) is 52.9 Å². The number of para-hydroxylation sites is 1. The van der Waals surface area contributed by atoms with Crippen LogP contribution in [-0.2, 0) is 9.59 Å². The summed E-state index contributed by atoms with van der Waals surface area (Å²) in [7, 11) is 1.51. The van der Waals surface area contributed by atoms with Crippen LogP contribution in [0.3, 0.4) is 0 Å². The molecule has 2 amide bonds. The molecule has 0 aliphatic heterocycles. The summed E-state index contributed by atoms with van der Waals surface area (Å²) in [5.41, 5.74) is 0.730. The normalized spacial score (nSPS) is 10.5. The second-order valence-corrected chi connectivity index (χ2v) is 8.27. The SMILES string of the molecule is CN(CC(=O)Nc1ccc(F)cc1)C(=O)CSc1nnc(Nc2ccccc2F)s1. The van der Waals surface area contributed by atoms with Crippen LogP contribution in [0.2, 0.25) is 0 Å². The number of nitrogens with zero attached hydrogens (tertiary/aromatic N) is 3. The van der Waals surface area contributed by atoms with E-state index in [2.05, 4.69) is 20.8 Å². The smallest absolute Gasteiger partial charge is 0.243 e. The zero-order valence-corrected chi connectivity index (χ0v) is 17.4. The van der Waals surface area contributed by atoms with Gasteiger partial charge in [-0.1, -0.05) is 35.2 Å². The molecule has 156 valence electrons. The molecule has 30 heavy (non-hydrogen) atoms. The molecule has 0 saturated carbocycles. The molecule has 0 bridgehead atoms. The minimum atomic E-state index is -0.405. The Hall–Kier alpha value is -3.05. The molecule has 3 rings (SSSR count). The van der Waals surface area contributed by atoms with Gasteiger partial charge in [0.05, 0.1) is 18.0 Å². The van der Waals surface area contributed by atoms with Gasteiger partial charge in [0.25, 0.3) is 0 Å². The third-order valence-corrected chi connectivity index (χ3v) is 5.73. The molecule has 0 aliphatic rings. The molecule has 0 spiro atoms. The molecular formula is C19H17F2N5O2S2. The molecule has 3 aromatic rings. The molecule has 2 aromatic carbocycles. The van der Waals surface area contributed by atoms with Crippen molar-refractivity contribution in [2.45, 2.75) is 4.34 Å². The van der Waals surface area contributed by atoms with Crippen LogP contribution in [0.25, 0.3) is 0 Å². The fraction of sp³-hybridized carbons (Fsp3) is 0.158. The molecule has 0 saturated heterocycles. The summed E-state index contributed by atoms with van der Waals surface area (Å²) in [6, 6.07) is 11.5. The fourth-order valence-electron chi connectivity index (χ4n) is 2.27. The van der Waals surface area contributed by atoms with Crippen LogP contribution in [0.5, 0.6) is 0 Å². The van der Waals surface area contributed by atoms with E-state index in [1.807, 2.05) is 0 Å². The summed E-state index contributed by atoms with van der Waals surface area (Å²) < 4.78 is 27.1. The number of aromatic nitrogens is 2. The number of carbonyl (C=O) groups excluding carboxylic acids is 2. The number of anilines is 3. The Balaban J connectivity index is 1.45. The van der Waals surface area contributed by atoms with Gasteiger partial charge in [-0.3, -0.25) is 9.59 Å². The van der Waals surface area contributed by atoms with Gasteiger partial charge in [0.15, 0.2) is 4.34 Å². The van der Waals surface area contributed by atoms with Crippen molar-refractivity contribution in [3.63, 3.8) is 0 Å². The Kier molecular flexibility index (Phi) is 7.31. The lowest BCUT2D eigenvalue weighted by Crippen LogP contribution is -2.35. The lowest BCUT2D eigenvalue weighted by molar-refractivity contribution is -0.131. The van der Waals surface area contributed by atoms with E-state index in [4.69, 9.17) is 0 Å². The number of amides is 2. The quantitative estimate of drug-likeness (QED) is 0.510. The van der Waals surface area contributed by atoms with Crippen LogP contribution < -0.4 is 10.6 Å². The highest BCUT2D eigenvalue weighted by atomic mass is 32.2. The third-order valence-electron chi connectivity index (χ3n) is 3.78. The number of nitrogens with one attached hydrogen (secondary N) is 2. The van der Waals surface area contributed by atoms with Gasteiger partial charge in [-0.25, -0.2) is 8.78 Å². The zero-order chi connectivity index (χ0) is 21.5. The maximum Gasteiger partial charge on any atom is 0.243 e. The Morgan fingerprint density at radius 2 is 1.83 bits per heavy atom. The van der Waals surface area contributed by atoms with Gasteiger partial charge in [0.2, 0.25) is 16.9 Å². The van der Waals surface area contributed by atoms with Crippen LogP contribution in [0.1, 0.15) is 0 Å². The van der Waals surface area contributed by atoms with Crippen LogP contribution in [-0.4, -0.2) is 46.3 Å². The number of carbonyl (C=O) groups is 2. The summed E-state index contributed by atoms with van der Waals surface area (Å²) in [4.78, 5) is 25.6. The monoisotopic (exact) mass is 449 g/mol. The predicted octanol–water partition coefficient (Wildman–Crippen LogP) is 3.75. The second-order valence-electron chi connectivity index (χ2n) is 6.07. The first-order valence-corrected chi connectivity index (χ1v) is 10.5. The van der Waals surface area contributed by atoms with E-state index in [0.717, 1.165) is 0 Å². The number of hydrogen-bond acceptors (Lipinski definition) is 7. The van der Waals surface area contributed by atoms with E-state index in [9.17, 15) is 18.4 Å². The van der Waals surface area contributed by atoms with Crippen LogP contribution >= 0.6 is 23.1 Å². The van der Waals surface area contributed by atoms with Crippen molar-refractivity contribution in [1.29, 1.82) is 0 Å². The van der Waals surface area contributed by atoms with E-state index in [-0.39, 0.29) is 23.9 Å². The van der Waals surface area contributed by atoms with Gasteiger partial charge < -0.3 is 15.5 Å². The second kappa shape index (κ2) is 10.1. The largest absolute Gasteiger partial charge is 0.336 e. The molecule has 0 fully saturated rings. The lowest BCUT2D eigenvalue weighted by atomic mass is 10.3. The average Bonchev–Trinajstić information content (AvgIpc) is 3.17. The topological polar surface area (TPSA) is 87.2 Å². The predicted molar refractivity (Wildman–Crippen MR) is 113 cm³/mol. The molecule has 1 heterocycles. The van der Waals surface area contributed by atoms with E-state index < -0.39 is 17.5 Å². The summed E-state index contributed by atoms with van der Waals surface area (Å²) >= 11 is 2.36. The fourth-order valence-corrected chi connectivity index (χ4v) is 3.97. The molecule has 0 atom stereocenters. The van der Waals surface area contributed by atoms with Crippen LogP contribution in [0, 0.1) is 11.6 Å². The number of halogens is 2. The van der Waals surface area contributed by atoms with Crippen molar-refractivity contribution in [3.05, 3.63) is 60.2 Å². The summed E-state index contributed by atoms with van der Waals surface area (Å²) in [6.45, 7) is -0.146. The van der Waals surface area contributed by atoms with E-state index in [1.165, 1.54) is 65.4 Å². The Bertz CT molecular complexity index is 1030. The minimum absolute atomic E-state index is 0.0641. The minimum Gasteiger partial charge on any atom is -0.336 e. The first kappa shape index (κ1) is 21.7. The molecule has 0 aliphatic carbocycles. The zero-order valence-electron chi connectivity index (χ0n) is 15.8. The number of benzene rings is 2. The number of thioether (sulfide) groups is 1. The van der Waals surface area contributed by atoms with Gasteiger partial charge in [-0.15, -0.1) is 10.2 Å². The van der Waals surface area contributed by atoms with E-state index >= 15 is 0 Å². The maximum absolute atomic E-state index is 13.7. The van der Waals surface area contributed by atoms with Crippen molar-refractivity contribution in [1.82, 2.24) is 15.1 Å². The highest BCUT2D eigenvalue weighted by molar-refractivity contribution is 8.01. The lowest BCUT2D eigenvalue weighted by Gasteiger charge is -2.16. The molecule has 1 aromatic heterocycles. The van der Waals surface area contributed by atoms with Gasteiger partial charge in [0, 0.05) is 12.7 Å². The molecular weight excluding hydrogens is 432 g/mol. The first-order chi connectivity index (χ1) is 14.4. The van der Waals surface area contributed by atoms with Crippen LogP contribution in [0.4, 0.5) is 25.3 Å². The molecule has 7 nitrogen and oxygen atoms in total. The maximum atomic E-state index is 13.7. The highest BCUT2D eigenvalue weighted by Gasteiger charge is 2.15. The van der Waals surface area contributed by atoms with Gasteiger partial charge >= 0.3 is 0 Å². The molecule has 0 unspecified atom stereocenters. The van der Waals surface area contributed by atoms with Crippen molar-refractivity contribution >= 4 is 51.4 Å². The average molecular weight is 450 g/mol. The summed E-state index contributed by atoms with van der Waals surface area (Å²) in [5, 5.41) is 13.7. The number of likely N-dealkylation sites (N-methyl/N-ethyl adjacent to an activating group) is 1. The van der Waals surface area contributed by atoms with Gasteiger partial charge in [0.1, 0.15) is 11.6 Å². The molecule has 2 N–H and O–H groups in total. The van der Waals surface area contributed by atoms with Gasteiger partial charge in [-0.05, 0) is 36.4 Å². The molecule has 0 radical (unpaired) electrons. The van der Waals surface area contributed by atoms with Crippen molar-refractivity contribution in [3.8, 4) is 0 Å². The Morgan fingerprint density at radius 3 is 2.57 bits per heavy atom. The van der Waals surface area contributed by atoms with E-state index in [1.54, 1.807) is 18.2 Å². The standard InChI is InChI=1S/C19H17F2N5O2S2/c1-26(10-16(27)22-13-8-6-12(20)7-9-13)17(28)11-29-19-25-24-18(30-19)23-15-5-3-2-4-14(15)21/h2-9H,10-11H2,1H3,(H,22,27)(H,23,24). The highest BCUT2D eigenvalue weighted by Crippen LogP contribution is 2.28. The first-order valence-electron chi connectivity index (χ1n) is 8.68. The van der Waals surface area contributed by atoms with Crippen molar-refractivity contribution < 1.29 is 18.4 Å². The molecule has 11 heteroatoms. The van der Waals surface area contributed by atoms with Gasteiger partial charge in [-0.2, -0.15) is 0 Å².